The predicted molar refractivity (Wildman–Crippen MR) is 336 cm³/mol. The van der Waals surface area contributed by atoms with Crippen molar-refractivity contribution in [3.8, 4) is 23.1 Å². The number of amides is 1. The van der Waals surface area contributed by atoms with Crippen molar-refractivity contribution in [2.24, 2.45) is 23.7 Å². The van der Waals surface area contributed by atoms with E-state index in [2.05, 4.69) is 34.4 Å². The van der Waals surface area contributed by atoms with E-state index in [9.17, 15) is 31.5 Å². The maximum Gasteiger partial charge on any atom is 1.00 e. The number of imidazole rings is 2. The van der Waals surface area contributed by atoms with E-state index in [-0.39, 0.29) is 60.2 Å². The van der Waals surface area contributed by atoms with Gasteiger partial charge in [0, 0.05) is 131 Å². The van der Waals surface area contributed by atoms with Gasteiger partial charge in [0.05, 0.1) is 54.8 Å². The van der Waals surface area contributed by atoms with Gasteiger partial charge in [-0.1, -0.05) is 12.1 Å². The molecular weight excluding hydrogens is 1180 g/mol. The zero-order chi connectivity index (χ0) is 61.5. The second-order valence-electron chi connectivity index (χ2n) is 23.6. The van der Waals surface area contributed by atoms with Crippen LogP contribution in [0.25, 0.3) is 33.4 Å². The molecule has 2 N–H and O–H groups in total. The second kappa shape index (κ2) is 32.0. The topological polar surface area (TPSA) is 263 Å². The van der Waals surface area contributed by atoms with Gasteiger partial charge in [-0.2, -0.15) is 0 Å². The largest absolute Gasteiger partial charge is 1.00 e. The zero-order valence-electron chi connectivity index (χ0n) is 52.4. The van der Waals surface area contributed by atoms with E-state index >= 15 is 0 Å². The van der Waals surface area contributed by atoms with Crippen LogP contribution in [-0.2, 0) is 73.0 Å². The minimum Gasteiger partial charge on any atom is -1.00 e. The number of aliphatic carboxylic acids is 1. The zero-order valence-corrected chi connectivity index (χ0v) is 55.1. The van der Waals surface area contributed by atoms with Gasteiger partial charge >= 0.3 is 35.5 Å². The number of hydrogen-bond acceptors (Lipinski definition) is 16. The number of rotatable bonds is 18. The van der Waals surface area contributed by atoms with E-state index < -0.39 is 25.6 Å². The summed E-state index contributed by atoms with van der Waals surface area (Å²) in [6.07, 6.45) is 29.6. The normalized spacial score (nSPS) is 19.0. The van der Waals surface area contributed by atoms with Crippen LogP contribution < -0.4 is 44.3 Å². The number of carbonyl (C=O) groups is 2. The van der Waals surface area contributed by atoms with Crippen LogP contribution in [0.5, 0.6) is 11.5 Å². The molecule has 472 valence electrons. The van der Waals surface area contributed by atoms with Gasteiger partial charge in [-0.05, 0) is 137 Å². The van der Waals surface area contributed by atoms with E-state index in [0.29, 0.717) is 50.2 Å². The van der Waals surface area contributed by atoms with Crippen LogP contribution >= 0.6 is 0 Å². The molecule has 2 saturated carbocycles. The quantitative estimate of drug-likeness (QED) is 0.0806. The number of ether oxygens (including phenoxy) is 3. The number of carboxylic acids is 1. The monoisotopic (exact) mass is 1270 g/mol. The van der Waals surface area contributed by atoms with Gasteiger partial charge in [-0.25, -0.2) is 46.7 Å². The summed E-state index contributed by atoms with van der Waals surface area (Å²) < 4.78 is 70.5. The Morgan fingerprint density at radius 2 is 1.12 bits per heavy atom. The minimum absolute atomic E-state index is 0. The predicted octanol–water partition coefficient (Wildman–Crippen LogP) is 5.39. The summed E-state index contributed by atoms with van der Waals surface area (Å²) in [7, 11) is -6.00. The number of benzene rings is 2. The molecule has 5 aliphatic rings. The third-order valence-corrected chi connectivity index (χ3v) is 19.0. The SMILES string of the molecule is C1CCOC1.CS(=O)(=O)CCCOc1cccc2c1ccn2-c1ccnc(CC2CCC(C(=O)N3CCn4ccnc4C3)CC2)n1.CS(=O)(=O)CCCOc1cccc2c1ccn2-c1ccnc(CC2CCC(C(=O)O)CC2)n1.[H-].[Na+].c1cn2c(n1)CNCC2. The Morgan fingerprint density at radius 3 is 1.61 bits per heavy atom. The Morgan fingerprint density at radius 1 is 0.618 bits per heavy atom. The molecule has 22 nitrogen and oxygen atoms in total. The van der Waals surface area contributed by atoms with E-state index in [1.807, 2.05) is 118 Å². The molecule has 0 unspecified atom stereocenters. The van der Waals surface area contributed by atoms with Crippen LogP contribution in [0.1, 0.15) is 102 Å². The Labute approximate surface area is 544 Å². The van der Waals surface area contributed by atoms with Crippen molar-refractivity contribution in [3.63, 3.8) is 0 Å². The summed E-state index contributed by atoms with van der Waals surface area (Å²) in [5.41, 5.74) is 1.91. The smallest absolute Gasteiger partial charge is 1.00 e. The van der Waals surface area contributed by atoms with Crippen molar-refractivity contribution >= 4 is 53.4 Å². The molecule has 0 radical (unpaired) electrons. The van der Waals surface area contributed by atoms with Gasteiger partial charge < -0.3 is 49.2 Å². The fourth-order valence-electron chi connectivity index (χ4n) is 12.2. The molecule has 0 spiro atoms. The standard InChI is InChI=1S/C30H36N6O4S.C24H29N3O5S.C6H9N3.C4H8O.Na.H/c1-41(38,39)19-3-18-40-26-5-2-4-25-24(26)11-14-36(25)28-10-12-31-27(33-28)20-22-6-8-23(9-7-22)30(37)35-17-16-34-15-13-32-29(34)21-35;1-33(30,31)15-3-14-32-21-5-2-4-20-19(21)11-13-27(20)23-10-12-25-22(26-23)16-17-6-8-18(9-7-17)24(28)29;1-3-9-4-2-8-6(9)5-7-1;1-2-4-5-3-1;;/h2,4-5,10-15,22-23H,3,6-9,16-21H2,1H3;2,4-5,10-13,17-18H,3,6-9,14-16H2,1H3,(H,28,29);2,4,7H,1,3,5H2;1-4H2;;/q;;;;+1;-1. The van der Waals surface area contributed by atoms with E-state index in [0.717, 1.165) is 173 Å². The van der Waals surface area contributed by atoms with Gasteiger partial charge in [0.15, 0.2) is 0 Å². The van der Waals surface area contributed by atoms with Gasteiger partial charge in [0.2, 0.25) is 5.91 Å². The number of carbonyl (C=O) groups excluding carboxylic acids is 1. The summed E-state index contributed by atoms with van der Waals surface area (Å²) in [6.45, 7) is 7.92. The van der Waals surface area contributed by atoms with Gasteiger partial charge in [0.1, 0.15) is 66.1 Å². The fourth-order valence-corrected chi connectivity index (χ4v) is 13.4. The summed E-state index contributed by atoms with van der Waals surface area (Å²) >= 11 is 0. The first-order valence-electron chi connectivity index (χ1n) is 30.9. The fraction of sp³-hybridized carbons (Fsp3) is 0.500. The van der Waals surface area contributed by atoms with Crippen LogP contribution in [0.4, 0.5) is 0 Å². The molecule has 13 rings (SSSR count). The number of aromatic nitrogens is 10. The first kappa shape index (κ1) is 66.9. The molecule has 2 aromatic carbocycles. The van der Waals surface area contributed by atoms with Crippen molar-refractivity contribution in [2.45, 2.75) is 116 Å². The number of sulfone groups is 2. The third kappa shape index (κ3) is 19.0. The maximum atomic E-state index is 13.2. The van der Waals surface area contributed by atoms with E-state index in [4.69, 9.17) is 24.2 Å². The van der Waals surface area contributed by atoms with Gasteiger partial charge in [0.25, 0.3) is 0 Å². The van der Waals surface area contributed by atoms with E-state index in [1.54, 1.807) is 6.20 Å². The molecule has 2 aliphatic carbocycles. The van der Waals surface area contributed by atoms with Crippen molar-refractivity contribution < 1.29 is 76.7 Å². The minimum atomic E-state index is -3.00. The molecule has 89 heavy (non-hydrogen) atoms. The first-order valence-corrected chi connectivity index (χ1v) is 35.0. The summed E-state index contributed by atoms with van der Waals surface area (Å²) in [4.78, 5) is 53.6. The van der Waals surface area contributed by atoms with Crippen LogP contribution in [-0.4, -0.2) is 150 Å². The summed E-state index contributed by atoms with van der Waals surface area (Å²) in [5, 5.41) is 14.3. The molecular formula is C64H83N12NaO10S2. The molecule has 8 aromatic rings. The molecule has 3 fully saturated rings. The molecule has 1 saturated heterocycles. The van der Waals surface area contributed by atoms with Crippen LogP contribution in [0.2, 0.25) is 0 Å². The molecule has 0 atom stereocenters. The van der Waals surface area contributed by atoms with Crippen molar-refractivity contribution in [1.29, 1.82) is 0 Å². The van der Waals surface area contributed by atoms with Crippen LogP contribution in [0, 0.1) is 23.7 Å². The summed E-state index contributed by atoms with van der Waals surface area (Å²) in [6, 6.07) is 19.4. The summed E-state index contributed by atoms with van der Waals surface area (Å²) in [5.74, 6) is 7.24. The number of hydrogen-bond donors (Lipinski definition) is 2. The molecule has 3 aliphatic heterocycles. The van der Waals surface area contributed by atoms with Gasteiger partial charge in [-0.3, -0.25) is 9.59 Å². The van der Waals surface area contributed by atoms with Crippen LogP contribution in [0.15, 0.2) is 110 Å². The first-order chi connectivity index (χ1) is 42.6. The Hall–Kier alpha value is -6.54. The second-order valence-corrected chi connectivity index (χ2v) is 28.1. The number of nitrogens with zero attached hydrogens (tertiary/aromatic N) is 11. The number of nitrogens with one attached hydrogen (secondary N) is 1. The molecule has 0 bridgehead atoms. The molecule has 6 aromatic heterocycles. The molecule has 25 heteroatoms. The number of carboxylic acid groups (broad SMARTS) is 1. The van der Waals surface area contributed by atoms with Crippen molar-refractivity contribution in [3.05, 3.63) is 134 Å². The maximum absolute atomic E-state index is 13.2. The molecule has 1 amide bonds. The average molecular weight is 1270 g/mol. The number of fused-ring (bicyclic) bond motifs is 4. The average Bonchev–Trinajstić information content (AvgIpc) is 2.52. The Bertz CT molecular complexity index is 3810. The van der Waals surface area contributed by atoms with Crippen molar-refractivity contribution in [1.82, 2.24) is 58.4 Å². The molecule has 9 heterocycles. The van der Waals surface area contributed by atoms with Crippen molar-refractivity contribution in [2.75, 3.05) is 63.5 Å². The van der Waals surface area contributed by atoms with E-state index in [1.165, 1.54) is 25.4 Å². The van der Waals surface area contributed by atoms with Crippen LogP contribution in [0.3, 0.4) is 0 Å². The Balaban J connectivity index is 0.000000189. The Kier molecular flexibility index (Phi) is 24.0. The third-order valence-electron chi connectivity index (χ3n) is 16.9. The van der Waals surface area contributed by atoms with Gasteiger partial charge in [-0.15, -0.1) is 0 Å².